The number of allylic oxidation sites excluding steroid dienone is 1. The molecule has 0 bridgehead atoms. The highest BCUT2D eigenvalue weighted by molar-refractivity contribution is 6.74. The quantitative estimate of drug-likeness (QED) is 0.0515. The Hall–Kier alpha value is -0.876. The van der Waals surface area contributed by atoms with Crippen molar-refractivity contribution in [3.63, 3.8) is 0 Å². The summed E-state index contributed by atoms with van der Waals surface area (Å²) in [6.45, 7) is 21.2. The lowest BCUT2D eigenvalue weighted by Gasteiger charge is -2.34. The summed E-state index contributed by atoms with van der Waals surface area (Å²) < 4.78 is 28.7. The first-order valence-corrected chi connectivity index (χ1v) is 19.7. The van der Waals surface area contributed by atoms with Gasteiger partial charge in [-0.1, -0.05) is 41.5 Å². The van der Waals surface area contributed by atoms with Gasteiger partial charge in [0.25, 0.3) is 0 Å². The summed E-state index contributed by atoms with van der Waals surface area (Å²) in [6.07, 6.45) is 1.78. The number of aliphatic hydroxyl groups is 2. The molecule has 0 saturated heterocycles. The van der Waals surface area contributed by atoms with Crippen LogP contribution in [-0.2, 0) is 26.9 Å². The van der Waals surface area contributed by atoms with Crippen molar-refractivity contribution in [1.82, 2.24) is 10.6 Å². The summed E-state index contributed by atoms with van der Waals surface area (Å²) >= 11 is 0. The first-order chi connectivity index (χ1) is 20.0. The molecule has 0 fully saturated rings. The zero-order valence-corrected chi connectivity index (χ0v) is 32.0. The minimum absolute atomic E-state index is 0.0193. The molecule has 0 aliphatic carbocycles. The molecule has 0 rings (SSSR count). The molecule has 0 heterocycles. The lowest BCUT2D eigenvalue weighted by molar-refractivity contribution is -0.146. The molecule has 4 atom stereocenters. The summed E-state index contributed by atoms with van der Waals surface area (Å²) in [5.74, 6) is -0.495. The summed E-state index contributed by atoms with van der Waals surface area (Å²) in [5, 5.41) is 27.6. The lowest BCUT2D eigenvalue weighted by atomic mass is 9.83. The van der Waals surface area contributed by atoms with Crippen molar-refractivity contribution in [3.8, 4) is 0 Å². The van der Waals surface area contributed by atoms with Gasteiger partial charge in [-0.2, -0.15) is 0 Å². The van der Waals surface area contributed by atoms with E-state index < -0.39 is 41.9 Å². The van der Waals surface area contributed by atoms with E-state index in [1.54, 1.807) is 6.92 Å². The molecule has 5 N–H and O–H groups in total. The van der Waals surface area contributed by atoms with E-state index in [4.69, 9.17) is 22.1 Å². The van der Waals surface area contributed by atoms with E-state index in [2.05, 4.69) is 52.2 Å². The minimum Gasteiger partial charge on any atom is -0.459 e. The predicted molar refractivity (Wildman–Crippen MR) is 179 cm³/mol. The van der Waals surface area contributed by atoms with Gasteiger partial charge in [0.15, 0.2) is 0 Å². The molecule has 44 heavy (non-hydrogen) atoms. The minimum atomic E-state index is -3.52. The van der Waals surface area contributed by atoms with Crippen molar-refractivity contribution >= 4 is 23.6 Å². The van der Waals surface area contributed by atoms with Gasteiger partial charge < -0.3 is 47.8 Å². The van der Waals surface area contributed by atoms with Gasteiger partial charge in [-0.25, -0.2) is 4.79 Å². The Morgan fingerprint density at radius 3 is 1.91 bits per heavy atom. The van der Waals surface area contributed by atoms with Gasteiger partial charge in [-0.05, 0) is 70.8 Å². The third-order valence-corrected chi connectivity index (χ3v) is 13.5. The molecule has 13 heteroatoms. The Balaban J connectivity index is 5.10. The predicted octanol–water partition coefficient (Wildman–Crippen LogP) is 4.37. The van der Waals surface area contributed by atoms with Crippen molar-refractivity contribution in [2.24, 2.45) is 10.8 Å². The Kier molecular flexibility index (Phi) is 18.7. The topological polar surface area (TPSA) is 148 Å². The molecule has 4 unspecified atom stereocenters. The van der Waals surface area contributed by atoms with Gasteiger partial charge in [0.2, 0.25) is 0 Å². The average molecular weight is 667 g/mol. The van der Waals surface area contributed by atoms with E-state index in [1.807, 2.05) is 20.8 Å². The van der Waals surface area contributed by atoms with Crippen LogP contribution in [0.15, 0.2) is 11.8 Å². The first kappa shape index (κ1) is 43.1. The van der Waals surface area contributed by atoms with Crippen LogP contribution in [0.3, 0.4) is 0 Å². The second-order valence-electron chi connectivity index (χ2n) is 15.1. The number of nitrogens with one attached hydrogen (secondary N) is 2. The summed E-state index contributed by atoms with van der Waals surface area (Å²) in [6, 6.07) is 0.816. The summed E-state index contributed by atoms with van der Waals surface area (Å²) in [7, 11) is -2.24. The molecule has 0 spiro atoms. The summed E-state index contributed by atoms with van der Waals surface area (Å²) in [4.78, 5) is 23.9. The standard InChI is InChI=1S/C31H66N2O9Si2/c1-24(20-28(36)41-26(23-29(2,3)4)21-25(34)22-27(35)30(5,6)7)32-16-14-19-44(39-12,40-13)42-43(37,38-11)18-15-17-33-31(8,9)10/h20,25-27,32-35,37H,14-19,21-23H2,1-13H3/b24-20-. The number of aliphatic hydroxyl groups excluding tert-OH is 2. The highest BCUT2D eigenvalue weighted by Gasteiger charge is 2.49. The molecule has 262 valence electrons. The van der Waals surface area contributed by atoms with Crippen molar-refractivity contribution in [2.75, 3.05) is 34.4 Å². The second kappa shape index (κ2) is 19.1. The van der Waals surface area contributed by atoms with Crippen molar-refractivity contribution < 1.29 is 41.9 Å². The third-order valence-electron chi connectivity index (χ3n) is 7.13. The number of ether oxygens (including phenoxy) is 1. The molecule has 0 saturated carbocycles. The number of esters is 1. The molecule has 0 aliphatic heterocycles. The lowest BCUT2D eigenvalue weighted by Crippen LogP contribution is -2.56. The molecule has 0 aromatic carbocycles. The van der Waals surface area contributed by atoms with Gasteiger partial charge in [0, 0.05) is 63.7 Å². The molecular formula is C31H66N2O9Si2. The fourth-order valence-electron chi connectivity index (χ4n) is 4.52. The Labute approximate surface area is 270 Å². The fourth-order valence-corrected chi connectivity index (χ4v) is 10.3. The van der Waals surface area contributed by atoms with E-state index in [0.29, 0.717) is 43.6 Å². The van der Waals surface area contributed by atoms with Crippen LogP contribution in [0.1, 0.15) is 101 Å². The van der Waals surface area contributed by atoms with E-state index in [0.717, 1.165) is 6.54 Å². The van der Waals surface area contributed by atoms with E-state index in [-0.39, 0.29) is 29.2 Å². The van der Waals surface area contributed by atoms with Crippen molar-refractivity contribution in [2.45, 2.75) is 137 Å². The van der Waals surface area contributed by atoms with Crippen LogP contribution in [0.4, 0.5) is 0 Å². The first-order valence-electron chi connectivity index (χ1n) is 15.8. The highest BCUT2D eigenvalue weighted by atomic mass is 28.5. The van der Waals surface area contributed by atoms with Gasteiger partial charge in [-0.3, -0.25) is 0 Å². The molecular weight excluding hydrogens is 601 g/mol. The molecule has 0 radical (unpaired) electrons. The number of hydrogen-bond acceptors (Lipinski definition) is 11. The molecule has 11 nitrogen and oxygen atoms in total. The molecule has 0 amide bonds. The highest BCUT2D eigenvalue weighted by Crippen LogP contribution is 2.28. The average Bonchev–Trinajstić information content (AvgIpc) is 2.86. The molecule has 0 aromatic heterocycles. The molecule has 0 aliphatic rings. The number of carbonyl (C=O) groups excluding carboxylic acids is 1. The normalized spacial score (nSPS) is 17.1. The second-order valence-corrected chi connectivity index (χ2v) is 20.9. The molecule has 0 aromatic rings. The van der Waals surface area contributed by atoms with Gasteiger partial charge in [-0.15, -0.1) is 0 Å². The smallest absolute Gasteiger partial charge is 0.459 e. The third kappa shape index (κ3) is 19.6. The number of hydrogen-bond donors (Lipinski definition) is 5. The zero-order valence-electron chi connectivity index (χ0n) is 30.0. The van der Waals surface area contributed by atoms with Crippen LogP contribution in [0, 0.1) is 10.8 Å². The van der Waals surface area contributed by atoms with Gasteiger partial charge in [0.1, 0.15) is 6.10 Å². The fraction of sp³-hybridized carbons (Fsp3) is 0.903. The largest absolute Gasteiger partial charge is 0.493 e. The van der Waals surface area contributed by atoms with Crippen LogP contribution in [0.5, 0.6) is 0 Å². The zero-order chi connectivity index (χ0) is 34.4. The maximum absolute atomic E-state index is 12.8. The number of rotatable bonds is 21. The van der Waals surface area contributed by atoms with E-state index in [9.17, 15) is 19.8 Å². The number of carbonyl (C=O) groups is 1. The van der Waals surface area contributed by atoms with Crippen molar-refractivity contribution in [3.05, 3.63) is 11.8 Å². The van der Waals surface area contributed by atoms with Crippen LogP contribution in [0.2, 0.25) is 12.1 Å². The maximum atomic E-state index is 12.8. The Morgan fingerprint density at radius 1 is 0.864 bits per heavy atom. The SMILES string of the molecule is CO[Si](O)(CCCNC(C)(C)C)O[Si](CCCN/C(C)=C\C(=O)OC(CC(O)CC(O)C(C)(C)C)CC(C)(C)C)(OC)OC. The van der Waals surface area contributed by atoms with E-state index in [1.165, 1.54) is 27.4 Å². The Bertz CT molecular complexity index is 853. The van der Waals surface area contributed by atoms with Crippen LogP contribution >= 0.6 is 0 Å². The van der Waals surface area contributed by atoms with Crippen LogP contribution < -0.4 is 10.6 Å². The van der Waals surface area contributed by atoms with Gasteiger partial charge in [0.05, 0.1) is 12.2 Å². The maximum Gasteiger partial charge on any atom is 0.493 e. The Morgan fingerprint density at radius 2 is 1.43 bits per heavy atom. The van der Waals surface area contributed by atoms with Crippen LogP contribution in [-0.4, -0.2) is 96.9 Å². The van der Waals surface area contributed by atoms with E-state index >= 15 is 0 Å². The van der Waals surface area contributed by atoms with Crippen LogP contribution in [0.25, 0.3) is 0 Å². The van der Waals surface area contributed by atoms with Gasteiger partial charge >= 0.3 is 23.6 Å². The monoisotopic (exact) mass is 666 g/mol. The summed E-state index contributed by atoms with van der Waals surface area (Å²) in [5.41, 5.74) is 0.145. The van der Waals surface area contributed by atoms with Crippen molar-refractivity contribution in [1.29, 1.82) is 0 Å².